The van der Waals surface area contributed by atoms with Gasteiger partial charge in [-0.05, 0) is 65.9 Å². The van der Waals surface area contributed by atoms with E-state index >= 15 is 0 Å². The molecule has 0 spiro atoms. The van der Waals surface area contributed by atoms with E-state index in [1.807, 2.05) is 61.5 Å². The molecule has 0 radical (unpaired) electrons. The molecule has 40 heavy (non-hydrogen) atoms. The molecule has 1 amide bonds. The molecule has 9 heteroatoms. The Morgan fingerprint density at radius 3 is 2.30 bits per heavy atom. The number of aromatic nitrogens is 3. The van der Waals surface area contributed by atoms with Gasteiger partial charge < -0.3 is 26.0 Å². The summed E-state index contributed by atoms with van der Waals surface area (Å²) in [5.41, 5.74) is 12.1. The Kier molecular flexibility index (Phi) is 7.66. The third kappa shape index (κ3) is 6.21. The van der Waals surface area contributed by atoms with Crippen LogP contribution in [-0.2, 0) is 10.2 Å². The van der Waals surface area contributed by atoms with Crippen LogP contribution in [-0.4, -0.2) is 47.2 Å². The molecule has 4 aromatic rings. The van der Waals surface area contributed by atoms with Gasteiger partial charge in [0.2, 0.25) is 11.9 Å². The summed E-state index contributed by atoms with van der Waals surface area (Å²) >= 11 is 0. The highest BCUT2D eigenvalue weighted by atomic mass is 16.5. The van der Waals surface area contributed by atoms with Gasteiger partial charge >= 0.3 is 0 Å². The van der Waals surface area contributed by atoms with Gasteiger partial charge in [-0.15, -0.1) is 0 Å². The summed E-state index contributed by atoms with van der Waals surface area (Å²) in [6, 6.07) is 21.4. The second-order valence-corrected chi connectivity index (χ2v) is 10.9. The minimum Gasteiger partial charge on any atom is -0.378 e. The Bertz CT molecular complexity index is 1490. The molecule has 1 aliphatic rings. The van der Waals surface area contributed by atoms with Crippen LogP contribution in [0, 0.1) is 6.92 Å². The Balaban J connectivity index is 1.33. The van der Waals surface area contributed by atoms with E-state index in [1.165, 1.54) is 5.56 Å². The van der Waals surface area contributed by atoms with E-state index in [1.54, 1.807) is 0 Å². The topological polar surface area (TPSA) is 118 Å². The first-order valence-corrected chi connectivity index (χ1v) is 13.4. The molecular formula is C31H35N7O2. The monoisotopic (exact) mass is 537 g/mol. The van der Waals surface area contributed by atoms with Crippen molar-refractivity contribution in [2.24, 2.45) is 0 Å². The van der Waals surface area contributed by atoms with Crippen LogP contribution in [0.3, 0.4) is 0 Å². The number of ether oxygens (including phenoxy) is 1. The molecule has 0 atom stereocenters. The summed E-state index contributed by atoms with van der Waals surface area (Å²) in [5, 5.41) is 6.26. The number of carbonyl (C=O) groups excluding carboxylic acids is 1. The van der Waals surface area contributed by atoms with Crippen molar-refractivity contribution in [3.63, 3.8) is 0 Å². The zero-order valence-electron chi connectivity index (χ0n) is 23.4. The van der Waals surface area contributed by atoms with Crippen molar-refractivity contribution in [1.29, 1.82) is 0 Å². The van der Waals surface area contributed by atoms with Crippen molar-refractivity contribution in [3.05, 3.63) is 83.4 Å². The van der Waals surface area contributed by atoms with Gasteiger partial charge in [0.15, 0.2) is 5.82 Å². The quantitative estimate of drug-likeness (QED) is 0.293. The van der Waals surface area contributed by atoms with Gasteiger partial charge in [0.25, 0.3) is 5.91 Å². The van der Waals surface area contributed by atoms with Crippen LogP contribution in [0.15, 0.2) is 66.7 Å². The fourth-order valence-electron chi connectivity index (χ4n) is 4.60. The highest BCUT2D eigenvalue weighted by molar-refractivity contribution is 6.05. The smallest absolute Gasteiger partial charge is 0.255 e. The van der Waals surface area contributed by atoms with Crippen molar-refractivity contribution < 1.29 is 9.53 Å². The van der Waals surface area contributed by atoms with Gasteiger partial charge in [-0.25, -0.2) is 0 Å². The lowest BCUT2D eigenvalue weighted by Gasteiger charge is -2.28. The van der Waals surface area contributed by atoms with Crippen LogP contribution < -0.4 is 21.3 Å². The van der Waals surface area contributed by atoms with E-state index in [4.69, 9.17) is 10.5 Å². The summed E-state index contributed by atoms with van der Waals surface area (Å²) in [6.45, 7) is 11.6. The molecule has 0 saturated carbocycles. The zero-order valence-corrected chi connectivity index (χ0v) is 23.4. The number of anilines is 5. The van der Waals surface area contributed by atoms with Crippen LogP contribution in [0.2, 0.25) is 0 Å². The molecule has 206 valence electrons. The third-order valence-electron chi connectivity index (χ3n) is 6.99. The number of amides is 1. The standard InChI is InChI=1S/C31H35N7O2/c1-20-25(6-5-7-26(20)34-28(39)21-8-10-22(11-9-21)31(2,3)4)27-35-29(32)37-30(36-27)33-23-12-14-24(15-13-23)38-16-18-40-19-17-38/h5-15H,16-19H2,1-4H3,(H,34,39)(H3,32,33,35,36,37). The number of nitrogens with one attached hydrogen (secondary N) is 2. The second-order valence-electron chi connectivity index (χ2n) is 10.9. The number of nitrogen functional groups attached to an aromatic ring is 1. The number of hydrogen-bond donors (Lipinski definition) is 3. The molecular weight excluding hydrogens is 502 g/mol. The van der Waals surface area contributed by atoms with E-state index in [0.717, 1.165) is 48.8 Å². The highest BCUT2D eigenvalue weighted by Crippen LogP contribution is 2.29. The van der Waals surface area contributed by atoms with Crippen molar-refractivity contribution in [3.8, 4) is 11.4 Å². The summed E-state index contributed by atoms with van der Waals surface area (Å²) in [7, 11) is 0. The molecule has 2 heterocycles. The lowest BCUT2D eigenvalue weighted by molar-refractivity contribution is 0.102. The van der Waals surface area contributed by atoms with Crippen LogP contribution >= 0.6 is 0 Å². The maximum Gasteiger partial charge on any atom is 0.255 e. The van der Waals surface area contributed by atoms with Crippen LogP contribution in [0.5, 0.6) is 0 Å². The van der Waals surface area contributed by atoms with E-state index in [2.05, 4.69) is 63.4 Å². The molecule has 4 N–H and O–H groups in total. The number of nitrogens with zero attached hydrogens (tertiary/aromatic N) is 4. The third-order valence-corrected chi connectivity index (χ3v) is 6.99. The average Bonchev–Trinajstić information content (AvgIpc) is 2.94. The van der Waals surface area contributed by atoms with Crippen molar-refractivity contribution in [2.45, 2.75) is 33.1 Å². The highest BCUT2D eigenvalue weighted by Gasteiger charge is 2.17. The van der Waals surface area contributed by atoms with E-state index in [9.17, 15) is 4.79 Å². The van der Waals surface area contributed by atoms with Crippen LogP contribution in [0.25, 0.3) is 11.4 Å². The number of morpholine rings is 1. The molecule has 1 aromatic heterocycles. The predicted octanol–water partition coefficient (Wildman–Crippen LogP) is 5.56. The zero-order chi connectivity index (χ0) is 28.3. The Morgan fingerprint density at radius 1 is 0.925 bits per heavy atom. The average molecular weight is 538 g/mol. The number of hydrogen-bond acceptors (Lipinski definition) is 8. The summed E-state index contributed by atoms with van der Waals surface area (Å²) in [5.74, 6) is 0.682. The minimum absolute atomic E-state index is 0.0202. The van der Waals surface area contributed by atoms with E-state index < -0.39 is 0 Å². The normalized spacial score (nSPS) is 13.7. The molecule has 0 bridgehead atoms. The van der Waals surface area contributed by atoms with E-state index in [0.29, 0.717) is 23.0 Å². The minimum atomic E-state index is -0.182. The predicted molar refractivity (Wildman–Crippen MR) is 160 cm³/mol. The molecule has 1 fully saturated rings. The number of benzene rings is 3. The maximum absolute atomic E-state index is 13.0. The van der Waals surface area contributed by atoms with Gasteiger partial charge in [0, 0.05) is 41.3 Å². The van der Waals surface area contributed by atoms with Gasteiger partial charge in [0.05, 0.1) is 13.2 Å². The second kappa shape index (κ2) is 11.3. The summed E-state index contributed by atoms with van der Waals surface area (Å²) in [6.07, 6.45) is 0. The molecule has 0 aliphatic carbocycles. The van der Waals surface area contributed by atoms with Gasteiger partial charge in [-0.2, -0.15) is 15.0 Å². The van der Waals surface area contributed by atoms with Crippen molar-refractivity contribution in [1.82, 2.24) is 15.0 Å². The molecule has 0 unspecified atom stereocenters. The van der Waals surface area contributed by atoms with E-state index in [-0.39, 0.29) is 17.3 Å². The van der Waals surface area contributed by atoms with Crippen LogP contribution in [0.4, 0.5) is 29.0 Å². The SMILES string of the molecule is Cc1c(NC(=O)c2ccc(C(C)(C)C)cc2)cccc1-c1nc(N)nc(Nc2ccc(N3CCOCC3)cc2)n1. The Labute approximate surface area is 234 Å². The Morgan fingerprint density at radius 2 is 1.62 bits per heavy atom. The van der Waals surface area contributed by atoms with Gasteiger partial charge in [-0.3, -0.25) is 4.79 Å². The fraction of sp³-hybridized carbons (Fsp3) is 0.290. The number of rotatable bonds is 6. The van der Waals surface area contributed by atoms with Crippen molar-refractivity contribution >= 4 is 34.9 Å². The maximum atomic E-state index is 13.0. The van der Waals surface area contributed by atoms with Crippen molar-refractivity contribution in [2.75, 3.05) is 47.6 Å². The van der Waals surface area contributed by atoms with Gasteiger partial charge in [0.1, 0.15) is 0 Å². The number of nitrogens with two attached hydrogens (primary N) is 1. The molecule has 1 saturated heterocycles. The first-order chi connectivity index (χ1) is 19.2. The first-order valence-electron chi connectivity index (χ1n) is 13.4. The Hall–Kier alpha value is -4.50. The summed E-state index contributed by atoms with van der Waals surface area (Å²) < 4.78 is 5.44. The largest absolute Gasteiger partial charge is 0.378 e. The number of carbonyl (C=O) groups is 1. The fourth-order valence-corrected chi connectivity index (χ4v) is 4.60. The first kappa shape index (κ1) is 27.1. The lowest BCUT2D eigenvalue weighted by atomic mass is 9.86. The molecule has 3 aromatic carbocycles. The van der Waals surface area contributed by atoms with Crippen LogP contribution in [0.1, 0.15) is 42.3 Å². The van der Waals surface area contributed by atoms with Gasteiger partial charge in [-0.1, -0.05) is 45.0 Å². The lowest BCUT2D eigenvalue weighted by Crippen LogP contribution is -2.36. The molecule has 1 aliphatic heterocycles. The molecule has 5 rings (SSSR count). The molecule has 9 nitrogen and oxygen atoms in total. The summed E-state index contributed by atoms with van der Waals surface area (Å²) in [4.78, 5) is 28.6.